The molecule has 7 heteroatoms. The Balaban J connectivity index is 2.04. The Kier molecular flexibility index (Phi) is 6.98. The Morgan fingerprint density at radius 3 is 2.48 bits per heavy atom. The Morgan fingerprint density at radius 2 is 1.89 bits per heavy atom. The SMILES string of the molecule is COc1ccc(CN(CCOc2cccnc2F)C(=O)OC(C)(C)C)cc1. The van der Waals surface area contributed by atoms with E-state index in [2.05, 4.69) is 4.98 Å². The molecule has 27 heavy (non-hydrogen) atoms. The maximum atomic E-state index is 13.6. The highest BCUT2D eigenvalue weighted by Crippen LogP contribution is 2.17. The first-order chi connectivity index (χ1) is 12.8. The van der Waals surface area contributed by atoms with Crippen LogP contribution in [-0.2, 0) is 11.3 Å². The van der Waals surface area contributed by atoms with Gasteiger partial charge >= 0.3 is 6.09 Å². The van der Waals surface area contributed by atoms with Crippen molar-refractivity contribution in [1.29, 1.82) is 0 Å². The highest BCUT2D eigenvalue weighted by Gasteiger charge is 2.22. The van der Waals surface area contributed by atoms with Gasteiger partial charge in [-0.05, 0) is 50.6 Å². The smallest absolute Gasteiger partial charge is 0.410 e. The van der Waals surface area contributed by atoms with E-state index in [0.717, 1.165) is 11.3 Å². The van der Waals surface area contributed by atoms with E-state index in [1.165, 1.54) is 17.2 Å². The van der Waals surface area contributed by atoms with Crippen LogP contribution in [0.1, 0.15) is 26.3 Å². The zero-order chi connectivity index (χ0) is 19.9. The normalized spacial score (nSPS) is 11.0. The van der Waals surface area contributed by atoms with Crippen LogP contribution in [0.4, 0.5) is 9.18 Å². The van der Waals surface area contributed by atoms with Gasteiger partial charge in [-0.15, -0.1) is 0 Å². The summed E-state index contributed by atoms with van der Waals surface area (Å²) in [6, 6.07) is 10.5. The van der Waals surface area contributed by atoms with Gasteiger partial charge in [-0.3, -0.25) is 0 Å². The fraction of sp³-hybridized carbons (Fsp3) is 0.400. The monoisotopic (exact) mass is 376 g/mol. The predicted octanol–water partition coefficient (Wildman–Crippen LogP) is 4.05. The fourth-order valence-electron chi connectivity index (χ4n) is 2.26. The number of hydrogen-bond donors (Lipinski definition) is 0. The average molecular weight is 376 g/mol. The van der Waals surface area contributed by atoms with E-state index in [9.17, 15) is 9.18 Å². The van der Waals surface area contributed by atoms with E-state index in [-0.39, 0.29) is 18.9 Å². The van der Waals surface area contributed by atoms with Crippen LogP contribution in [0.25, 0.3) is 0 Å². The van der Waals surface area contributed by atoms with Gasteiger partial charge in [-0.25, -0.2) is 9.78 Å². The number of amides is 1. The molecule has 0 fully saturated rings. The molecule has 0 unspecified atom stereocenters. The lowest BCUT2D eigenvalue weighted by Gasteiger charge is -2.27. The Bertz CT molecular complexity index is 744. The molecule has 0 bridgehead atoms. The first kappa shape index (κ1) is 20.5. The van der Waals surface area contributed by atoms with Crippen LogP contribution in [-0.4, -0.2) is 41.8 Å². The number of halogens is 1. The topological polar surface area (TPSA) is 60.9 Å². The third-order valence-corrected chi connectivity index (χ3v) is 3.53. The molecule has 2 rings (SSSR count). The van der Waals surface area contributed by atoms with Gasteiger partial charge in [0.2, 0.25) is 0 Å². The van der Waals surface area contributed by atoms with Crippen molar-refractivity contribution in [3.8, 4) is 11.5 Å². The van der Waals surface area contributed by atoms with Crippen LogP contribution in [0.2, 0.25) is 0 Å². The largest absolute Gasteiger partial charge is 0.497 e. The summed E-state index contributed by atoms with van der Waals surface area (Å²) in [4.78, 5) is 17.6. The molecule has 0 aliphatic carbocycles. The second kappa shape index (κ2) is 9.21. The van der Waals surface area contributed by atoms with Crippen molar-refractivity contribution in [2.45, 2.75) is 32.9 Å². The lowest BCUT2D eigenvalue weighted by Crippen LogP contribution is -2.38. The highest BCUT2D eigenvalue weighted by atomic mass is 19.1. The van der Waals surface area contributed by atoms with E-state index in [1.54, 1.807) is 33.9 Å². The summed E-state index contributed by atoms with van der Waals surface area (Å²) in [6.45, 7) is 6.08. The fourth-order valence-corrected chi connectivity index (χ4v) is 2.26. The molecule has 0 saturated heterocycles. The van der Waals surface area contributed by atoms with E-state index in [4.69, 9.17) is 14.2 Å². The number of aromatic nitrogens is 1. The van der Waals surface area contributed by atoms with Gasteiger partial charge in [0.15, 0.2) is 5.75 Å². The zero-order valence-corrected chi connectivity index (χ0v) is 16.1. The summed E-state index contributed by atoms with van der Waals surface area (Å²) in [5.74, 6) is 0.0977. The summed E-state index contributed by atoms with van der Waals surface area (Å²) >= 11 is 0. The number of methoxy groups -OCH3 is 1. The van der Waals surface area contributed by atoms with Gasteiger partial charge in [-0.2, -0.15) is 4.39 Å². The molecule has 2 aromatic rings. The molecule has 0 aliphatic rings. The second-order valence-electron chi connectivity index (χ2n) is 6.89. The maximum Gasteiger partial charge on any atom is 0.410 e. The summed E-state index contributed by atoms with van der Waals surface area (Å²) in [5.41, 5.74) is 0.292. The first-order valence-electron chi connectivity index (χ1n) is 8.62. The maximum absolute atomic E-state index is 13.6. The number of ether oxygens (including phenoxy) is 3. The van der Waals surface area contributed by atoms with E-state index >= 15 is 0 Å². The molecule has 0 atom stereocenters. The molecule has 0 aliphatic heterocycles. The number of hydrogen-bond acceptors (Lipinski definition) is 5. The van der Waals surface area contributed by atoms with Crippen LogP contribution in [0.5, 0.6) is 11.5 Å². The van der Waals surface area contributed by atoms with Crippen LogP contribution in [0.3, 0.4) is 0 Å². The van der Waals surface area contributed by atoms with Crippen LogP contribution >= 0.6 is 0 Å². The van der Waals surface area contributed by atoms with Crippen molar-refractivity contribution in [1.82, 2.24) is 9.88 Å². The van der Waals surface area contributed by atoms with Crippen LogP contribution < -0.4 is 9.47 Å². The summed E-state index contributed by atoms with van der Waals surface area (Å²) in [6.07, 6.45) is 0.882. The highest BCUT2D eigenvalue weighted by molar-refractivity contribution is 5.68. The quantitative estimate of drug-likeness (QED) is 0.683. The minimum atomic E-state index is -0.684. The van der Waals surface area contributed by atoms with Gasteiger partial charge in [0.05, 0.1) is 13.7 Å². The molecule has 0 radical (unpaired) electrons. The standard InChI is InChI=1S/C20H25FN2O4/c1-20(2,3)27-19(24)23(14-15-7-9-16(25-4)10-8-15)12-13-26-17-6-5-11-22-18(17)21/h5-11H,12-14H2,1-4H3. The van der Waals surface area contributed by atoms with E-state index in [0.29, 0.717) is 6.54 Å². The Hall–Kier alpha value is -2.83. The van der Waals surface area contributed by atoms with Crippen molar-refractivity contribution >= 4 is 6.09 Å². The number of nitrogens with zero attached hydrogens (tertiary/aromatic N) is 2. The Morgan fingerprint density at radius 1 is 1.19 bits per heavy atom. The molecular formula is C20H25FN2O4. The molecule has 6 nitrogen and oxygen atoms in total. The number of carbonyl (C=O) groups excluding carboxylic acids is 1. The van der Waals surface area contributed by atoms with Gasteiger partial charge in [0.1, 0.15) is 18.0 Å². The first-order valence-corrected chi connectivity index (χ1v) is 8.62. The van der Waals surface area contributed by atoms with Gasteiger partial charge in [0, 0.05) is 12.7 Å². The zero-order valence-electron chi connectivity index (χ0n) is 16.1. The number of carbonyl (C=O) groups is 1. The number of rotatable bonds is 7. The molecule has 1 heterocycles. The van der Waals surface area contributed by atoms with Gasteiger partial charge < -0.3 is 19.1 Å². The summed E-state index contributed by atoms with van der Waals surface area (Å²) < 4.78 is 29.6. The molecular weight excluding hydrogens is 351 g/mol. The number of benzene rings is 1. The van der Waals surface area contributed by atoms with Crippen molar-refractivity contribution in [2.24, 2.45) is 0 Å². The van der Waals surface area contributed by atoms with Crippen molar-refractivity contribution in [3.63, 3.8) is 0 Å². The molecule has 146 valence electrons. The van der Waals surface area contributed by atoms with Crippen molar-refractivity contribution < 1.29 is 23.4 Å². The van der Waals surface area contributed by atoms with Gasteiger partial charge in [-0.1, -0.05) is 12.1 Å². The lowest BCUT2D eigenvalue weighted by atomic mass is 10.2. The molecule has 1 aromatic heterocycles. The minimum Gasteiger partial charge on any atom is -0.497 e. The summed E-state index contributed by atoms with van der Waals surface area (Å²) in [7, 11) is 1.59. The Labute approximate surface area is 158 Å². The third kappa shape index (κ3) is 6.77. The van der Waals surface area contributed by atoms with Crippen LogP contribution in [0, 0.1) is 5.95 Å². The lowest BCUT2D eigenvalue weighted by molar-refractivity contribution is 0.0208. The number of pyridine rings is 1. The van der Waals surface area contributed by atoms with Gasteiger partial charge in [0.25, 0.3) is 5.95 Å². The predicted molar refractivity (Wildman–Crippen MR) is 99.3 cm³/mol. The van der Waals surface area contributed by atoms with Crippen LogP contribution in [0.15, 0.2) is 42.6 Å². The molecule has 1 amide bonds. The third-order valence-electron chi connectivity index (χ3n) is 3.53. The van der Waals surface area contributed by atoms with Crippen molar-refractivity contribution in [2.75, 3.05) is 20.3 Å². The average Bonchev–Trinajstić information content (AvgIpc) is 2.61. The second-order valence-corrected chi connectivity index (χ2v) is 6.89. The minimum absolute atomic E-state index is 0.0473. The summed E-state index contributed by atoms with van der Waals surface area (Å²) in [5, 5.41) is 0. The van der Waals surface area contributed by atoms with Crippen molar-refractivity contribution in [3.05, 3.63) is 54.1 Å². The molecule has 0 spiro atoms. The molecule has 0 saturated carbocycles. The molecule has 1 aromatic carbocycles. The van der Waals surface area contributed by atoms with E-state index in [1.807, 2.05) is 24.3 Å². The van der Waals surface area contributed by atoms with E-state index < -0.39 is 17.6 Å². The molecule has 0 N–H and O–H groups in total.